The van der Waals surface area contributed by atoms with E-state index in [4.69, 9.17) is 37.4 Å². The van der Waals surface area contributed by atoms with Crippen LogP contribution < -0.4 is 24.0 Å². The van der Waals surface area contributed by atoms with Crippen LogP contribution in [0.2, 0.25) is 5.02 Å². The Hall–Kier alpha value is -6.52. The van der Waals surface area contributed by atoms with Crippen LogP contribution in [0.15, 0.2) is 76.9 Å². The number of benzene rings is 3. The third kappa shape index (κ3) is 9.14. The molecule has 0 amide bonds. The van der Waals surface area contributed by atoms with Crippen LogP contribution in [0, 0.1) is 0 Å². The highest BCUT2D eigenvalue weighted by Gasteiger charge is 2.41. The molecule has 57 heavy (non-hydrogen) atoms. The van der Waals surface area contributed by atoms with Crippen molar-refractivity contribution in [3.05, 3.63) is 98.6 Å². The maximum Gasteiger partial charge on any atom is 0.323 e. The Kier molecular flexibility index (Phi) is 12.5. The van der Waals surface area contributed by atoms with Gasteiger partial charge in [-0.25, -0.2) is 0 Å². The van der Waals surface area contributed by atoms with Crippen molar-refractivity contribution in [2.24, 2.45) is 0 Å². The number of carboxylic acids is 4. The van der Waals surface area contributed by atoms with Gasteiger partial charge in [-0.05, 0) is 64.8 Å². The molecular formula is C39H34Cl2N2O14. The fourth-order valence-corrected chi connectivity index (χ4v) is 6.98. The van der Waals surface area contributed by atoms with Crippen LogP contribution >= 0.6 is 23.2 Å². The molecule has 18 heteroatoms. The number of phenolic OH excluding ortho intramolecular Hbond substituents is 1. The van der Waals surface area contributed by atoms with Crippen molar-refractivity contribution in [2.45, 2.75) is 19.3 Å². The van der Waals surface area contributed by atoms with E-state index in [2.05, 4.69) is 0 Å². The molecule has 2 aliphatic carbocycles. The van der Waals surface area contributed by atoms with Crippen molar-refractivity contribution in [2.75, 3.05) is 49.2 Å². The fourth-order valence-electron chi connectivity index (χ4n) is 6.65. The molecule has 0 heterocycles. The normalized spacial score (nSPS) is 14.0. The first-order valence-electron chi connectivity index (χ1n) is 16.8. The Labute approximate surface area is 334 Å². The number of allylic oxidation sites excluding steroid dienone is 5. The van der Waals surface area contributed by atoms with E-state index in [-0.39, 0.29) is 69.7 Å². The largest absolute Gasteiger partial charge is 0.506 e. The number of nitrogens with zero attached hydrogens (tertiary/aromatic N) is 2. The highest BCUT2D eigenvalue weighted by Crippen LogP contribution is 2.54. The van der Waals surface area contributed by atoms with Crippen LogP contribution in [0.5, 0.6) is 23.0 Å². The van der Waals surface area contributed by atoms with Gasteiger partial charge in [-0.1, -0.05) is 49.2 Å². The molecule has 0 radical (unpaired) electrons. The van der Waals surface area contributed by atoms with Crippen molar-refractivity contribution >= 4 is 76.3 Å². The van der Waals surface area contributed by atoms with Crippen molar-refractivity contribution in [1.29, 1.82) is 0 Å². The summed E-state index contributed by atoms with van der Waals surface area (Å²) in [6.45, 7) is 0.226. The number of phenols is 1. The molecule has 0 unspecified atom stereocenters. The Bertz CT molecular complexity index is 2250. The number of rotatable bonds is 18. The van der Waals surface area contributed by atoms with Crippen LogP contribution in [-0.4, -0.2) is 101 Å². The van der Waals surface area contributed by atoms with Crippen LogP contribution in [0.3, 0.4) is 0 Å². The van der Waals surface area contributed by atoms with Gasteiger partial charge in [-0.15, -0.1) is 0 Å². The molecule has 0 saturated carbocycles. The number of fused-ring (bicyclic) bond motifs is 2. The zero-order valence-corrected chi connectivity index (χ0v) is 31.7. The number of carbonyl (C=O) groups is 6. The number of para-hydroxylation sites is 2. The Balaban J connectivity index is 1.67. The van der Waals surface area contributed by atoms with Crippen LogP contribution in [-0.2, 0) is 34.2 Å². The predicted molar refractivity (Wildman–Crippen MR) is 205 cm³/mol. The molecule has 5 rings (SSSR count). The Morgan fingerprint density at radius 1 is 0.737 bits per heavy atom. The summed E-state index contributed by atoms with van der Waals surface area (Å²) in [5.41, 5.74) is 1.40. The minimum Gasteiger partial charge on any atom is -0.506 e. The number of hydrogen-bond acceptors (Lipinski definition) is 12. The second kappa shape index (κ2) is 17.1. The summed E-state index contributed by atoms with van der Waals surface area (Å²) in [6.07, 6.45) is 2.78. The quantitative estimate of drug-likeness (QED) is 0.0862. The summed E-state index contributed by atoms with van der Waals surface area (Å²) in [5, 5.41) is 48.7. The molecule has 5 N–H and O–H groups in total. The predicted octanol–water partition coefficient (Wildman–Crippen LogP) is 4.71. The smallest absolute Gasteiger partial charge is 0.323 e. The molecule has 3 aromatic rings. The summed E-state index contributed by atoms with van der Waals surface area (Å²) in [7, 11) is 0. The highest BCUT2D eigenvalue weighted by molar-refractivity contribution is 6.45. The van der Waals surface area contributed by atoms with Crippen LogP contribution in [0.4, 0.5) is 11.4 Å². The van der Waals surface area contributed by atoms with Gasteiger partial charge in [0.2, 0.25) is 0 Å². The van der Waals surface area contributed by atoms with Crippen LogP contribution in [0.1, 0.15) is 30.5 Å². The molecular weight excluding hydrogens is 791 g/mol. The molecule has 0 aromatic heterocycles. The van der Waals surface area contributed by atoms with Crippen molar-refractivity contribution in [3.8, 4) is 23.0 Å². The number of carboxylic acid groups (broad SMARTS) is 4. The van der Waals surface area contributed by atoms with E-state index >= 15 is 0 Å². The average molecular weight is 826 g/mol. The number of carbonyl (C=O) groups excluding carboxylic acids is 2. The van der Waals surface area contributed by atoms with Crippen LogP contribution in [0.25, 0.3) is 5.57 Å². The number of ketones is 1. The van der Waals surface area contributed by atoms with E-state index in [1.807, 2.05) is 13.8 Å². The van der Waals surface area contributed by atoms with E-state index in [0.717, 1.165) is 9.80 Å². The lowest BCUT2D eigenvalue weighted by atomic mass is 9.64. The van der Waals surface area contributed by atoms with Gasteiger partial charge in [0, 0.05) is 22.6 Å². The van der Waals surface area contributed by atoms with Gasteiger partial charge in [0.05, 0.1) is 21.4 Å². The second-order valence-electron chi connectivity index (χ2n) is 13.2. The van der Waals surface area contributed by atoms with E-state index in [1.54, 1.807) is 12.1 Å². The summed E-state index contributed by atoms with van der Waals surface area (Å²) in [4.78, 5) is 73.9. The van der Waals surface area contributed by atoms with E-state index < -0.39 is 61.3 Å². The summed E-state index contributed by atoms with van der Waals surface area (Å²) >= 11 is 12.8. The monoisotopic (exact) mass is 824 g/mol. The molecule has 0 fully saturated rings. The molecule has 3 aromatic carbocycles. The maximum absolute atomic E-state index is 12.9. The zero-order chi connectivity index (χ0) is 41.8. The molecule has 0 aliphatic heterocycles. The molecule has 298 valence electrons. The minimum absolute atomic E-state index is 0.0419. The summed E-state index contributed by atoms with van der Waals surface area (Å²) in [5.74, 6) is -6.30. The fraction of sp³-hybridized carbons (Fsp3) is 0.231. The van der Waals surface area contributed by atoms with Crippen molar-refractivity contribution in [1.82, 2.24) is 0 Å². The third-order valence-corrected chi connectivity index (χ3v) is 9.60. The second-order valence-corrected chi connectivity index (χ2v) is 14.0. The topological polar surface area (TPSA) is 238 Å². The molecule has 0 atom stereocenters. The lowest BCUT2D eigenvalue weighted by Crippen LogP contribution is -2.35. The highest BCUT2D eigenvalue weighted by atomic mass is 35.5. The SMILES string of the molecule is CC1(C)C2=CC(=O)C(Cl)=CC2=C(c2cc(OCCOc3ccccc3N(CC(=O)O)CC(=O)O)c(N(CC(=O)O)CC(=O)O)cc2OC=O)c2cc(Cl)c(O)cc21. The molecule has 2 aliphatic rings. The lowest BCUT2D eigenvalue weighted by Gasteiger charge is -2.39. The number of hydrogen-bond donors (Lipinski definition) is 5. The summed E-state index contributed by atoms with van der Waals surface area (Å²) < 4.78 is 17.5. The first kappa shape index (κ1) is 41.6. The number of aliphatic carboxylic acids is 4. The van der Waals surface area contributed by atoms with Crippen molar-refractivity contribution in [3.63, 3.8) is 0 Å². The number of aromatic hydroxyl groups is 1. The van der Waals surface area contributed by atoms with E-state index in [9.17, 15) is 54.3 Å². The van der Waals surface area contributed by atoms with Gasteiger partial charge in [-0.3, -0.25) is 28.8 Å². The van der Waals surface area contributed by atoms with Gasteiger partial charge in [-0.2, -0.15) is 0 Å². The molecule has 16 nitrogen and oxygen atoms in total. The van der Waals surface area contributed by atoms with E-state index in [0.29, 0.717) is 27.8 Å². The standard InChI is InChI=1S/C39H34Cl2N2O14/c1-39(2)23-12-29(45)25(40)9-20(23)38(21-10-26(41)30(46)13-24(21)39)22-11-33(28(14-32(22)57-19-44)43(17-36(51)52)18-37(53)54)56-8-7-55-31-6-4-3-5-27(31)42(15-34(47)48)16-35(49)50/h3-6,9-14,19,45H,7-8,15-18H2,1-2H3,(H,47,48)(H,49,50)(H,51,52)(H,53,54). The summed E-state index contributed by atoms with van der Waals surface area (Å²) in [6, 6.07) is 11.6. The van der Waals surface area contributed by atoms with Gasteiger partial charge >= 0.3 is 23.9 Å². The van der Waals surface area contributed by atoms with Gasteiger partial charge in [0.1, 0.15) is 62.4 Å². The minimum atomic E-state index is -1.40. The number of anilines is 2. The third-order valence-electron chi connectivity index (χ3n) is 9.00. The molecule has 0 saturated heterocycles. The maximum atomic E-state index is 12.9. The van der Waals surface area contributed by atoms with Crippen molar-refractivity contribution < 1.29 is 68.5 Å². The average Bonchev–Trinajstić information content (AvgIpc) is 3.12. The first-order valence-corrected chi connectivity index (χ1v) is 17.6. The number of ether oxygens (including phenoxy) is 3. The zero-order valence-electron chi connectivity index (χ0n) is 30.2. The lowest BCUT2D eigenvalue weighted by molar-refractivity contribution is -0.138. The Morgan fingerprint density at radius 3 is 1.88 bits per heavy atom. The number of halogens is 2. The van der Waals surface area contributed by atoms with Gasteiger partial charge in [0.25, 0.3) is 6.47 Å². The van der Waals surface area contributed by atoms with Gasteiger partial charge < -0.3 is 49.5 Å². The van der Waals surface area contributed by atoms with Gasteiger partial charge in [0.15, 0.2) is 5.78 Å². The first-order chi connectivity index (χ1) is 26.9. The molecule has 0 bridgehead atoms. The van der Waals surface area contributed by atoms with E-state index in [1.165, 1.54) is 48.6 Å². The Morgan fingerprint density at radius 2 is 1.30 bits per heavy atom. The molecule has 0 spiro atoms.